The maximum atomic E-state index is 10.3. The van der Waals surface area contributed by atoms with Gasteiger partial charge in [-0.1, -0.05) is 0 Å². The van der Waals surface area contributed by atoms with Crippen molar-refractivity contribution in [1.82, 2.24) is 4.98 Å². The van der Waals surface area contributed by atoms with E-state index < -0.39 is 4.92 Å². The van der Waals surface area contributed by atoms with Crippen LogP contribution < -0.4 is 0 Å². The minimum Gasteiger partial charge on any atom is -0.384 e. The SMILES string of the molecule is COCCc1ccc([N+](=O)[O-])cn1. The minimum absolute atomic E-state index is 0.0150. The smallest absolute Gasteiger partial charge is 0.287 e. The number of nitro groups is 1. The highest BCUT2D eigenvalue weighted by Crippen LogP contribution is 2.08. The fourth-order valence-corrected chi connectivity index (χ4v) is 0.879. The Balaban J connectivity index is 2.64. The molecule has 0 aromatic carbocycles. The lowest BCUT2D eigenvalue weighted by molar-refractivity contribution is -0.385. The highest BCUT2D eigenvalue weighted by Gasteiger charge is 2.04. The normalized spacial score (nSPS) is 9.92. The fraction of sp³-hybridized carbons (Fsp3) is 0.375. The van der Waals surface area contributed by atoms with Gasteiger partial charge in [0.15, 0.2) is 0 Å². The van der Waals surface area contributed by atoms with E-state index in [9.17, 15) is 10.1 Å². The second-order valence-electron chi connectivity index (χ2n) is 2.51. The standard InChI is InChI=1S/C8H10N2O3/c1-13-5-4-7-2-3-8(6-9-7)10(11)12/h2-3,6H,4-5H2,1H3. The largest absolute Gasteiger partial charge is 0.384 e. The molecule has 0 saturated carbocycles. The van der Waals surface area contributed by atoms with Gasteiger partial charge in [-0.3, -0.25) is 15.1 Å². The van der Waals surface area contributed by atoms with Crippen molar-refractivity contribution in [2.45, 2.75) is 6.42 Å². The number of pyridine rings is 1. The van der Waals surface area contributed by atoms with Crippen molar-refractivity contribution in [2.75, 3.05) is 13.7 Å². The summed E-state index contributed by atoms with van der Waals surface area (Å²) in [6.45, 7) is 0.574. The van der Waals surface area contributed by atoms with E-state index in [1.54, 1.807) is 13.2 Å². The van der Waals surface area contributed by atoms with Crippen molar-refractivity contribution >= 4 is 5.69 Å². The molecular formula is C8H10N2O3. The maximum absolute atomic E-state index is 10.3. The lowest BCUT2D eigenvalue weighted by Crippen LogP contribution is -1.97. The summed E-state index contributed by atoms with van der Waals surface area (Å²) >= 11 is 0. The van der Waals surface area contributed by atoms with Gasteiger partial charge in [-0.15, -0.1) is 0 Å². The van der Waals surface area contributed by atoms with Gasteiger partial charge in [0, 0.05) is 25.3 Å². The Morgan fingerprint density at radius 1 is 1.62 bits per heavy atom. The topological polar surface area (TPSA) is 65.3 Å². The summed E-state index contributed by atoms with van der Waals surface area (Å²) in [6.07, 6.45) is 1.93. The Morgan fingerprint density at radius 3 is 2.85 bits per heavy atom. The summed E-state index contributed by atoms with van der Waals surface area (Å²) in [6, 6.07) is 3.08. The van der Waals surface area contributed by atoms with E-state index in [4.69, 9.17) is 4.74 Å². The molecule has 0 unspecified atom stereocenters. The third-order valence-corrected chi connectivity index (χ3v) is 1.58. The molecule has 0 atom stereocenters. The molecule has 0 saturated heterocycles. The molecule has 70 valence electrons. The first-order valence-electron chi connectivity index (χ1n) is 3.82. The molecule has 1 aromatic rings. The molecule has 5 nitrogen and oxygen atoms in total. The van der Waals surface area contributed by atoms with Crippen LogP contribution in [0.4, 0.5) is 5.69 Å². The molecule has 1 aromatic heterocycles. The predicted octanol–water partition coefficient (Wildman–Crippen LogP) is 1.18. The molecule has 5 heteroatoms. The molecule has 0 radical (unpaired) electrons. The van der Waals surface area contributed by atoms with Crippen molar-refractivity contribution in [2.24, 2.45) is 0 Å². The van der Waals surface area contributed by atoms with Crippen molar-refractivity contribution < 1.29 is 9.66 Å². The molecular weight excluding hydrogens is 172 g/mol. The zero-order valence-corrected chi connectivity index (χ0v) is 7.27. The van der Waals surface area contributed by atoms with Crippen LogP contribution in [0.1, 0.15) is 5.69 Å². The second kappa shape index (κ2) is 4.51. The Hall–Kier alpha value is -1.49. The van der Waals surface area contributed by atoms with Gasteiger partial charge in [0.1, 0.15) is 6.20 Å². The van der Waals surface area contributed by atoms with Gasteiger partial charge in [0.2, 0.25) is 0 Å². The molecule has 0 bridgehead atoms. The van der Waals surface area contributed by atoms with Crippen LogP contribution in [0, 0.1) is 10.1 Å². The average molecular weight is 182 g/mol. The lowest BCUT2D eigenvalue weighted by atomic mass is 10.3. The van der Waals surface area contributed by atoms with Crippen LogP contribution in [0.15, 0.2) is 18.3 Å². The van der Waals surface area contributed by atoms with Crippen LogP contribution in [0.3, 0.4) is 0 Å². The Labute approximate surface area is 75.5 Å². The average Bonchev–Trinajstić information content (AvgIpc) is 2.15. The van der Waals surface area contributed by atoms with Gasteiger partial charge in [-0.2, -0.15) is 0 Å². The number of ether oxygens (including phenoxy) is 1. The van der Waals surface area contributed by atoms with E-state index in [1.165, 1.54) is 12.3 Å². The fourth-order valence-electron chi connectivity index (χ4n) is 0.879. The number of hydrogen-bond acceptors (Lipinski definition) is 4. The van der Waals surface area contributed by atoms with Gasteiger partial charge in [-0.25, -0.2) is 0 Å². The van der Waals surface area contributed by atoms with E-state index in [0.717, 1.165) is 5.69 Å². The molecule has 0 aliphatic carbocycles. The van der Waals surface area contributed by atoms with Crippen LogP contribution in [0.5, 0.6) is 0 Å². The number of nitrogens with zero attached hydrogens (tertiary/aromatic N) is 2. The molecule has 0 amide bonds. The Morgan fingerprint density at radius 2 is 2.38 bits per heavy atom. The van der Waals surface area contributed by atoms with Crippen molar-refractivity contribution in [3.63, 3.8) is 0 Å². The lowest BCUT2D eigenvalue weighted by Gasteiger charge is -1.97. The van der Waals surface area contributed by atoms with Crippen LogP contribution in [0.25, 0.3) is 0 Å². The first-order chi connectivity index (χ1) is 6.24. The van der Waals surface area contributed by atoms with Crippen LogP contribution in [-0.2, 0) is 11.2 Å². The number of rotatable bonds is 4. The summed E-state index contributed by atoms with van der Waals surface area (Å²) in [5.74, 6) is 0. The zero-order valence-electron chi connectivity index (χ0n) is 7.27. The third kappa shape index (κ3) is 2.79. The van der Waals surface area contributed by atoms with E-state index in [0.29, 0.717) is 13.0 Å². The van der Waals surface area contributed by atoms with E-state index in [2.05, 4.69) is 4.98 Å². The maximum Gasteiger partial charge on any atom is 0.287 e. The number of aromatic nitrogens is 1. The van der Waals surface area contributed by atoms with Gasteiger partial charge < -0.3 is 4.74 Å². The summed E-state index contributed by atoms with van der Waals surface area (Å²) in [5, 5.41) is 10.3. The minimum atomic E-state index is -0.465. The van der Waals surface area contributed by atoms with E-state index >= 15 is 0 Å². The molecule has 13 heavy (non-hydrogen) atoms. The molecule has 0 aliphatic rings. The van der Waals surface area contributed by atoms with Crippen LogP contribution in [0.2, 0.25) is 0 Å². The highest BCUT2D eigenvalue weighted by atomic mass is 16.6. The summed E-state index contributed by atoms with van der Waals surface area (Å²) < 4.78 is 4.85. The number of methoxy groups -OCH3 is 1. The molecule has 1 heterocycles. The quantitative estimate of drug-likeness (QED) is 0.518. The van der Waals surface area contributed by atoms with Gasteiger partial charge in [0.05, 0.1) is 11.5 Å². The van der Waals surface area contributed by atoms with Crippen LogP contribution in [-0.4, -0.2) is 23.6 Å². The second-order valence-corrected chi connectivity index (χ2v) is 2.51. The van der Waals surface area contributed by atoms with Crippen LogP contribution >= 0.6 is 0 Å². The molecule has 0 aliphatic heterocycles. The van der Waals surface area contributed by atoms with E-state index in [-0.39, 0.29) is 5.69 Å². The molecule has 0 N–H and O–H groups in total. The van der Waals surface area contributed by atoms with E-state index in [1.807, 2.05) is 0 Å². The first-order valence-corrected chi connectivity index (χ1v) is 3.82. The summed E-state index contributed by atoms with van der Waals surface area (Å²) in [7, 11) is 1.60. The first kappa shape index (κ1) is 9.60. The van der Waals surface area contributed by atoms with Crippen molar-refractivity contribution in [3.8, 4) is 0 Å². The summed E-state index contributed by atoms with van der Waals surface area (Å²) in [4.78, 5) is 13.7. The molecule has 0 fully saturated rings. The highest BCUT2D eigenvalue weighted by molar-refractivity contribution is 5.26. The van der Waals surface area contributed by atoms with Gasteiger partial charge >= 0.3 is 0 Å². The predicted molar refractivity (Wildman–Crippen MR) is 46.5 cm³/mol. The van der Waals surface area contributed by atoms with Crippen molar-refractivity contribution in [3.05, 3.63) is 34.1 Å². The van der Waals surface area contributed by atoms with Crippen molar-refractivity contribution in [1.29, 1.82) is 0 Å². The zero-order chi connectivity index (χ0) is 9.68. The van der Waals surface area contributed by atoms with Gasteiger partial charge in [0.25, 0.3) is 5.69 Å². The van der Waals surface area contributed by atoms with Gasteiger partial charge in [-0.05, 0) is 6.07 Å². The molecule has 0 spiro atoms. The third-order valence-electron chi connectivity index (χ3n) is 1.58. The number of hydrogen-bond donors (Lipinski definition) is 0. The summed E-state index contributed by atoms with van der Waals surface area (Å²) in [5.41, 5.74) is 0.814. The Bertz CT molecular complexity index is 284. The Kier molecular flexibility index (Phi) is 3.33. The molecule has 1 rings (SSSR count). The monoisotopic (exact) mass is 182 g/mol.